The highest BCUT2D eigenvalue weighted by atomic mass is 79.9. The number of rotatable bonds is 1. The quantitative estimate of drug-likeness (QED) is 0.575. The molecule has 7 heteroatoms. The molecular weight excluding hydrogens is 403 g/mol. The lowest BCUT2D eigenvalue weighted by Crippen LogP contribution is -2.11. The largest absolute Gasteiger partial charge is 0.494 e. The Labute approximate surface area is 148 Å². The summed E-state index contributed by atoms with van der Waals surface area (Å²) < 4.78 is 0.783. The van der Waals surface area contributed by atoms with E-state index in [9.17, 15) is 9.90 Å². The first-order valence-corrected chi connectivity index (χ1v) is 8.14. The molecule has 0 amide bonds. The van der Waals surface area contributed by atoms with Crippen LogP contribution in [0.5, 0.6) is 5.88 Å². The van der Waals surface area contributed by atoms with Crippen molar-refractivity contribution in [1.29, 1.82) is 0 Å². The summed E-state index contributed by atoms with van der Waals surface area (Å²) in [6.07, 6.45) is 0. The van der Waals surface area contributed by atoms with Crippen molar-refractivity contribution in [3.05, 3.63) is 56.0 Å². The van der Waals surface area contributed by atoms with Gasteiger partial charge in [-0.15, -0.1) is 0 Å². The van der Waals surface area contributed by atoms with Crippen LogP contribution in [0, 0.1) is 0 Å². The van der Waals surface area contributed by atoms with E-state index >= 15 is 0 Å². The summed E-state index contributed by atoms with van der Waals surface area (Å²) in [5.41, 5.74) is 1.91. The third-order valence-corrected chi connectivity index (χ3v) is 4.84. The van der Waals surface area contributed by atoms with E-state index in [2.05, 4.69) is 25.9 Å². The van der Waals surface area contributed by atoms with Gasteiger partial charge in [-0.1, -0.05) is 39.1 Å². The maximum Gasteiger partial charge on any atom is 0.214 e. The molecule has 0 aliphatic carbocycles. The topological polar surface area (TPSA) is 65.4 Å². The van der Waals surface area contributed by atoms with E-state index in [1.165, 1.54) is 0 Å². The number of Topliss-reactive ketones (excluding diaryl/α,β-unsaturated/α-hetero) is 1. The minimum Gasteiger partial charge on any atom is -0.494 e. The van der Waals surface area contributed by atoms with Crippen LogP contribution in [-0.2, 0) is 0 Å². The van der Waals surface area contributed by atoms with Crippen LogP contribution in [0.15, 0.2) is 39.8 Å². The van der Waals surface area contributed by atoms with Crippen molar-refractivity contribution < 1.29 is 9.90 Å². The Morgan fingerprint density at radius 1 is 1.13 bits per heavy atom. The fraction of sp³-hybridized carbons (Fsp3) is 0. The van der Waals surface area contributed by atoms with E-state index < -0.39 is 0 Å². The minimum absolute atomic E-state index is 0.144. The molecule has 0 unspecified atom stereocenters. The molecule has 0 saturated carbocycles. The lowest BCUT2D eigenvalue weighted by molar-refractivity contribution is 0.107. The van der Waals surface area contributed by atoms with Gasteiger partial charge in [-0.3, -0.25) is 4.79 Å². The van der Waals surface area contributed by atoms with Gasteiger partial charge in [0.05, 0.1) is 32.4 Å². The molecule has 4 rings (SSSR count). The maximum absolute atomic E-state index is 12.7. The average molecular weight is 410 g/mol. The number of nitrogens with zero attached hydrogens (tertiary/aromatic N) is 1. The van der Waals surface area contributed by atoms with Crippen LogP contribution >= 0.6 is 39.1 Å². The number of halogens is 3. The Morgan fingerprint density at radius 3 is 2.65 bits per heavy atom. The number of hydrogen-bond acceptors (Lipinski definition) is 3. The van der Waals surface area contributed by atoms with Crippen LogP contribution in [0.1, 0.15) is 15.9 Å². The predicted octanol–water partition coefficient (Wildman–Crippen LogP) is 5.26. The molecule has 2 N–H and O–H groups in total. The number of benzene rings is 2. The highest BCUT2D eigenvalue weighted by Crippen LogP contribution is 2.40. The smallest absolute Gasteiger partial charge is 0.214 e. The van der Waals surface area contributed by atoms with Gasteiger partial charge in [0, 0.05) is 9.86 Å². The van der Waals surface area contributed by atoms with Gasteiger partial charge in [0.25, 0.3) is 0 Å². The number of aliphatic imine (C=N–C) groups is 1. The predicted molar refractivity (Wildman–Crippen MR) is 94.7 cm³/mol. The average Bonchev–Trinajstić information content (AvgIpc) is 3.02. The van der Waals surface area contributed by atoms with Gasteiger partial charge >= 0.3 is 0 Å². The number of hydrogen-bond donors (Lipinski definition) is 2. The molecule has 2 heterocycles. The first-order chi connectivity index (χ1) is 11.0. The molecule has 23 heavy (non-hydrogen) atoms. The van der Waals surface area contributed by atoms with Gasteiger partial charge in [-0.05, 0) is 30.3 Å². The number of nitrogens with one attached hydrogen (secondary N) is 1. The number of H-pyrrole nitrogens is 1. The maximum atomic E-state index is 12.7. The molecular formula is C16H7BrCl2N2O2. The molecule has 0 fully saturated rings. The zero-order valence-corrected chi connectivity index (χ0v) is 14.4. The van der Waals surface area contributed by atoms with Crippen LogP contribution in [0.3, 0.4) is 0 Å². The number of aromatic nitrogens is 1. The van der Waals surface area contributed by atoms with E-state index in [0.29, 0.717) is 32.2 Å². The van der Waals surface area contributed by atoms with Crippen molar-refractivity contribution in [3.63, 3.8) is 0 Å². The second-order valence-electron chi connectivity index (χ2n) is 5.08. The number of aromatic amines is 1. The van der Waals surface area contributed by atoms with Gasteiger partial charge in [0.15, 0.2) is 5.88 Å². The Bertz CT molecular complexity index is 1040. The Morgan fingerprint density at radius 2 is 1.87 bits per heavy atom. The third kappa shape index (κ3) is 2.11. The zero-order valence-electron chi connectivity index (χ0n) is 11.3. The van der Waals surface area contributed by atoms with Crippen molar-refractivity contribution in [2.45, 2.75) is 0 Å². The minimum atomic E-state index is -0.270. The number of aromatic hydroxyl groups is 1. The van der Waals surface area contributed by atoms with Crippen LogP contribution < -0.4 is 0 Å². The summed E-state index contributed by atoms with van der Waals surface area (Å²) in [4.78, 5) is 19.8. The molecule has 0 bridgehead atoms. The third-order valence-electron chi connectivity index (χ3n) is 3.72. The Balaban J connectivity index is 2.00. The van der Waals surface area contributed by atoms with E-state index in [0.717, 1.165) is 4.47 Å². The summed E-state index contributed by atoms with van der Waals surface area (Å²) in [5, 5.41) is 11.5. The van der Waals surface area contributed by atoms with Crippen LogP contribution in [0.25, 0.3) is 10.9 Å². The summed E-state index contributed by atoms with van der Waals surface area (Å²) in [5.74, 6) is -0.456. The van der Waals surface area contributed by atoms with Gasteiger partial charge < -0.3 is 10.1 Å². The normalized spacial score (nSPS) is 13.5. The van der Waals surface area contributed by atoms with E-state index in [1.807, 2.05) is 0 Å². The standard InChI is InChI=1S/C16H7BrCl2N2O2/c17-6-1-4-10-7(5-6)15(22)14(20-10)12-11-8(18)2-3-9(19)13(11)21-16(12)23/h1-5,21,23H. The molecule has 0 saturated heterocycles. The first kappa shape index (κ1) is 14.8. The van der Waals surface area contributed by atoms with Gasteiger partial charge in [-0.2, -0.15) is 0 Å². The summed E-state index contributed by atoms with van der Waals surface area (Å²) in [6, 6.07) is 8.49. The summed E-state index contributed by atoms with van der Waals surface area (Å²) in [7, 11) is 0. The van der Waals surface area contributed by atoms with Crippen LogP contribution in [0.2, 0.25) is 10.0 Å². The molecule has 0 atom stereocenters. The Kier molecular flexibility index (Phi) is 3.27. The van der Waals surface area contributed by atoms with Crippen molar-refractivity contribution in [2.24, 2.45) is 4.99 Å². The molecule has 1 aromatic heterocycles. The van der Waals surface area contributed by atoms with Crippen molar-refractivity contribution >= 4 is 67.2 Å². The second-order valence-corrected chi connectivity index (χ2v) is 6.81. The molecule has 0 spiro atoms. The second kappa shape index (κ2) is 5.09. The highest BCUT2D eigenvalue weighted by molar-refractivity contribution is 9.10. The lowest BCUT2D eigenvalue weighted by Gasteiger charge is -2.01. The number of carbonyl (C=O) groups excluding carboxylic acids is 1. The van der Waals surface area contributed by atoms with Gasteiger partial charge in [0.2, 0.25) is 5.78 Å². The molecule has 2 aromatic carbocycles. The molecule has 1 aliphatic rings. The number of fused-ring (bicyclic) bond motifs is 2. The fourth-order valence-corrected chi connectivity index (χ4v) is 3.52. The molecule has 3 aromatic rings. The molecule has 4 nitrogen and oxygen atoms in total. The molecule has 1 aliphatic heterocycles. The highest BCUT2D eigenvalue weighted by Gasteiger charge is 2.31. The monoisotopic (exact) mass is 408 g/mol. The Hall–Kier alpha value is -1.82. The van der Waals surface area contributed by atoms with Gasteiger partial charge in [0.1, 0.15) is 5.71 Å². The van der Waals surface area contributed by atoms with E-state index in [1.54, 1.807) is 30.3 Å². The number of carbonyl (C=O) groups is 1. The van der Waals surface area contributed by atoms with Crippen molar-refractivity contribution in [3.8, 4) is 5.88 Å². The number of ketones is 1. The molecule has 114 valence electrons. The van der Waals surface area contributed by atoms with Crippen LogP contribution in [0.4, 0.5) is 5.69 Å². The van der Waals surface area contributed by atoms with E-state index in [-0.39, 0.29) is 22.9 Å². The van der Waals surface area contributed by atoms with E-state index in [4.69, 9.17) is 23.2 Å². The SMILES string of the molecule is O=C1C(c2c(O)[nH]c3c(Cl)ccc(Cl)c23)=Nc2ccc(Br)cc21. The zero-order chi connectivity index (χ0) is 16.3. The first-order valence-electron chi connectivity index (χ1n) is 6.59. The summed E-state index contributed by atoms with van der Waals surface area (Å²) in [6.45, 7) is 0. The fourth-order valence-electron chi connectivity index (χ4n) is 2.70. The summed E-state index contributed by atoms with van der Waals surface area (Å²) >= 11 is 15.7. The molecule has 0 radical (unpaired) electrons. The van der Waals surface area contributed by atoms with Crippen LogP contribution in [-0.4, -0.2) is 21.6 Å². The van der Waals surface area contributed by atoms with Crippen molar-refractivity contribution in [1.82, 2.24) is 4.98 Å². The van der Waals surface area contributed by atoms with Crippen molar-refractivity contribution in [2.75, 3.05) is 0 Å². The van der Waals surface area contributed by atoms with Gasteiger partial charge in [-0.25, -0.2) is 4.99 Å². The lowest BCUT2D eigenvalue weighted by atomic mass is 10.0.